The fourth-order valence-electron chi connectivity index (χ4n) is 10.8. The van der Waals surface area contributed by atoms with Gasteiger partial charge in [-0.2, -0.15) is 0 Å². The summed E-state index contributed by atoms with van der Waals surface area (Å²) in [7, 11) is 0. The number of anilines is 4. The second-order valence-corrected chi connectivity index (χ2v) is 21.0. The fourth-order valence-corrected chi connectivity index (χ4v) is 10.8. The molecule has 479 valence electrons. The number of benzene rings is 4. The van der Waals surface area contributed by atoms with Crippen LogP contribution in [0.5, 0.6) is 0 Å². The molecule has 1 radical (unpaired) electrons. The summed E-state index contributed by atoms with van der Waals surface area (Å²) in [6, 6.07) is 29.2. The average Bonchev–Trinajstić information content (AvgIpc) is 0.921. The van der Waals surface area contributed by atoms with Gasteiger partial charge in [0.25, 0.3) is 11.1 Å². The van der Waals surface area contributed by atoms with Crippen LogP contribution in [0.3, 0.4) is 0 Å². The van der Waals surface area contributed by atoms with Gasteiger partial charge in [0.1, 0.15) is 42.7 Å². The number of carbonyl (C=O) groups is 2. The molecule has 1 aliphatic rings. The molecule has 8 aromatic heterocycles. The zero-order valence-electron chi connectivity index (χ0n) is 51.3. The van der Waals surface area contributed by atoms with Crippen LogP contribution in [-0.4, -0.2) is 115 Å². The van der Waals surface area contributed by atoms with E-state index in [2.05, 4.69) is 81.0 Å². The number of aliphatic hydroxyl groups excluding tert-OH is 1. The maximum absolute atomic E-state index is 14.6. The molecule has 0 saturated carbocycles. The van der Waals surface area contributed by atoms with Gasteiger partial charge in [0.15, 0.2) is 34.2 Å². The van der Waals surface area contributed by atoms with Crippen molar-refractivity contribution >= 4 is 102 Å². The monoisotopic (exact) mass is 1410 g/mol. The number of H-pyrrole nitrogens is 1. The van der Waals surface area contributed by atoms with Gasteiger partial charge in [-0.1, -0.05) is 74.5 Å². The SMILES string of the molecule is CCOC(=O)c1cnc(NCc2cccc3nc([C@H](CC)Nc4ncnc5c4ncn5C4CCCCO4)n(-c4ccccc4)c(=O)c23)nc1.CC[C@H](Nc1ncnc2nc[nH]c12)c1nc2cccc(CNc3ncc(C(=O)CO)cn3)c2c(=O)n1-c1ccccc1.[CH2-]I.[V]. The molecule has 29 heteroatoms. The van der Waals surface area contributed by atoms with Gasteiger partial charge >= 0.3 is 5.97 Å². The number of ether oxygens (including phenoxy) is 2. The standard InChI is InChI=1S/C35H36N10O4.C29H26N10O3.CH2I.V/c1-3-25(42-30-29-32(40-20-39-30)44(21-41-29)27-15-8-9-16-49-27)31-43-26-14-10-11-22(28(26)33(46)45(31)24-12-6-5-7-13-24)17-36-35-37-18-23(19-38-35)34(47)48-4-2;1-2-20(37-26-24-25(34-15-33-24)35-16-36-26)27-38-21-10-6-7-17(11-30-29-31-12-18(13-32-29)22(41)14-40)23(21)28(42)39(27)19-8-4-3-5-9-19;1-2;/h5-7,10-14,18-21,25,27H,3-4,8-9,15-17H2,1-2H3,(H,36,37,38)(H,39,40,42);3-10,12-13,15-16,20,40H,2,11,14H2,1H3,(H,30,31,32)(H2,33,34,35,36,37);1H2;/q;;-1;/t25-,27?;20-;;/m00../s1. The molecule has 94 heavy (non-hydrogen) atoms. The van der Waals surface area contributed by atoms with Crippen molar-refractivity contribution in [3.63, 3.8) is 0 Å². The Bertz CT molecular complexity index is 4690. The number of para-hydroxylation sites is 2. The Morgan fingerprint density at radius 1 is 0.670 bits per heavy atom. The molecule has 13 rings (SSSR count). The maximum atomic E-state index is 14.6. The molecule has 1 saturated heterocycles. The maximum Gasteiger partial charge on any atom is 0.341 e. The predicted octanol–water partition coefficient (Wildman–Crippen LogP) is 9.77. The number of nitrogens with zero attached hydrogens (tertiary/aromatic N) is 15. The number of aliphatic hydroxyl groups is 1. The van der Waals surface area contributed by atoms with E-state index in [1.54, 1.807) is 28.7 Å². The number of fused-ring (bicyclic) bond motifs is 4. The third-order valence-electron chi connectivity index (χ3n) is 15.3. The van der Waals surface area contributed by atoms with Crippen LogP contribution in [0.15, 0.2) is 157 Å². The minimum Gasteiger partial charge on any atom is -0.462 e. The number of halogens is 1. The van der Waals surface area contributed by atoms with E-state index in [0.29, 0.717) is 110 Å². The van der Waals surface area contributed by atoms with Crippen LogP contribution >= 0.6 is 22.6 Å². The molecule has 1 fully saturated rings. The number of aromatic amines is 1. The van der Waals surface area contributed by atoms with Gasteiger partial charge in [0, 0.05) is 63.0 Å². The molecule has 0 spiro atoms. The molecule has 3 atom stereocenters. The molecule has 1 unspecified atom stereocenters. The molecular weight excluding hydrogens is 1350 g/mol. The first-order valence-electron chi connectivity index (χ1n) is 30.0. The van der Waals surface area contributed by atoms with Crippen LogP contribution in [0, 0.1) is 4.93 Å². The molecule has 1 aliphatic heterocycles. The smallest absolute Gasteiger partial charge is 0.341 e. The van der Waals surface area contributed by atoms with E-state index in [4.69, 9.17) is 24.5 Å². The third kappa shape index (κ3) is 14.6. The zero-order chi connectivity index (χ0) is 64.8. The number of aromatic nitrogens is 16. The van der Waals surface area contributed by atoms with Gasteiger partial charge in [-0.25, -0.2) is 64.6 Å². The summed E-state index contributed by atoms with van der Waals surface area (Å²) in [5, 5.41) is 23.2. The minimum absolute atomic E-state index is 0. The Morgan fingerprint density at radius 2 is 1.21 bits per heavy atom. The second-order valence-electron chi connectivity index (χ2n) is 21.0. The van der Waals surface area contributed by atoms with E-state index in [1.165, 1.54) is 37.4 Å². The van der Waals surface area contributed by atoms with Crippen molar-refractivity contribution in [2.75, 3.05) is 41.1 Å². The summed E-state index contributed by atoms with van der Waals surface area (Å²) in [5.41, 5.74) is 6.41. The average molecular weight is 1420 g/mol. The Labute approximate surface area is 563 Å². The van der Waals surface area contributed by atoms with Crippen molar-refractivity contribution in [2.45, 2.75) is 84.3 Å². The third-order valence-corrected chi connectivity index (χ3v) is 15.3. The number of esters is 1. The van der Waals surface area contributed by atoms with Gasteiger partial charge in [-0.3, -0.25) is 33.0 Å². The first-order valence-corrected chi connectivity index (χ1v) is 31.5. The van der Waals surface area contributed by atoms with Gasteiger partial charge in [0.05, 0.1) is 75.7 Å². The fraction of sp³-hybridized carbons (Fsp3) is 0.246. The van der Waals surface area contributed by atoms with Gasteiger partial charge < -0.3 is 63.4 Å². The first kappa shape index (κ1) is 66.9. The Morgan fingerprint density at radius 3 is 1.74 bits per heavy atom. The Kier molecular flexibility index (Phi) is 22.5. The molecule has 9 heterocycles. The van der Waals surface area contributed by atoms with Crippen LogP contribution < -0.4 is 32.4 Å². The zero-order valence-corrected chi connectivity index (χ0v) is 54.9. The van der Waals surface area contributed by atoms with E-state index in [9.17, 15) is 19.2 Å². The second kappa shape index (κ2) is 31.5. The number of imidazole rings is 2. The Balaban J connectivity index is 0.000000200. The van der Waals surface area contributed by atoms with Crippen LogP contribution in [0.4, 0.5) is 23.5 Å². The van der Waals surface area contributed by atoms with E-state index < -0.39 is 24.4 Å². The molecule has 6 N–H and O–H groups in total. The number of Topliss-reactive ketones (excluding diaryl/α,β-unsaturated/α-hetero) is 1. The van der Waals surface area contributed by atoms with Gasteiger partial charge in [0.2, 0.25) is 11.9 Å². The minimum atomic E-state index is -0.615. The summed E-state index contributed by atoms with van der Waals surface area (Å²) < 4.78 is 16.3. The van der Waals surface area contributed by atoms with Crippen molar-refractivity contribution in [1.82, 2.24) is 78.5 Å². The molecule has 0 amide bonds. The molecule has 0 aliphatic carbocycles. The molecular formula is C65H64IN20O7V-. The number of rotatable bonds is 21. The first-order chi connectivity index (χ1) is 45.6. The largest absolute Gasteiger partial charge is 0.462 e. The van der Waals surface area contributed by atoms with Crippen molar-refractivity contribution in [1.29, 1.82) is 0 Å². The van der Waals surface area contributed by atoms with Crippen molar-refractivity contribution in [3.8, 4) is 11.4 Å². The van der Waals surface area contributed by atoms with Crippen molar-refractivity contribution in [2.24, 2.45) is 0 Å². The summed E-state index contributed by atoms with van der Waals surface area (Å²) in [4.78, 5) is 112. The number of nitrogens with one attached hydrogen (secondary N) is 5. The Hall–Kier alpha value is -10.0. The topological polar surface area (TPSA) is 340 Å². The number of carbonyl (C=O) groups excluding carboxylic acids is 2. The molecule has 12 aromatic rings. The van der Waals surface area contributed by atoms with Crippen molar-refractivity contribution < 1.29 is 42.7 Å². The predicted molar refractivity (Wildman–Crippen MR) is 359 cm³/mol. The normalized spacial score (nSPS) is 13.4. The van der Waals surface area contributed by atoms with Crippen molar-refractivity contribution in [3.05, 3.63) is 207 Å². The summed E-state index contributed by atoms with van der Waals surface area (Å²) in [6.07, 6.45) is 15.9. The molecule has 0 bridgehead atoms. The number of hydrogen-bond donors (Lipinski definition) is 6. The summed E-state index contributed by atoms with van der Waals surface area (Å²) >= 11 is 1.90. The van der Waals surface area contributed by atoms with Gasteiger partial charge in [-0.15, -0.1) is 0 Å². The van der Waals surface area contributed by atoms with E-state index in [-0.39, 0.29) is 78.7 Å². The van der Waals surface area contributed by atoms with Gasteiger partial charge in [-0.05, 0) is 86.6 Å². The number of ketones is 1. The van der Waals surface area contributed by atoms with Crippen LogP contribution in [-0.2, 0) is 41.1 Å². The van der Waals surface area contributed by atoms with Crippen LogP contribution in [0.2, 0.25) is 0 Å². The van der Waals surface area contributed by atoms with E-state index in [0.717, 1.165) is 24.8 Å². The van der Waals surface area contributed by atoms with Crippen LogP contribution in [0.1, 0.15) is 115 Å². The summed E-state index contributed by atoms with van der Waals surface area (Å²) in [5.74, 6) is 1.81. The van der Waals surface area contributed by atoms with Crippen LogP contribution in [0.25, 0.3) is 55.5 Å². The molecule has 4 aromatic carbocycles. The van der Waals surface area contributed by atoms with E-state index >= 15 is 0 Å². The number of hydrogen-bond acceptors (Lipinski definition) is 23. The quantitative estimate of drug-likeness (QED) is 0.0169. The van der Waals surface area contributed by atoms with E-state index in [1.807, 2.05) is 138 Å². The molecule has 27 nitrogen and oxygen atoms in total. The summed E-state index contributed by atoms with van der Waals surface area (Å²) in [6.45, 7) is 6.62.